The average molecular weight is 305 g/mol. The van der Waals surface area contributed by atoms with Crippen LogP contribution >= 0.6 is 24.8 Å². The van der Waals surface area contributed by atoms with E-state index in [-0.39, 0.29) is 24.8 Å². The molecule has 0 bridgehead atoms. The van der Waals surface area contributed by atoms with Crippen LogP contribution in [0.15, 0.2) is 48.8 Å². The number of carbonyl (C=O) groups is 1. The van der Waals surface area contributed by atoms with Crippen molar-refractivity contribution in [2.24, 2.45) is 0 Å². The van der Waals surface area contributed by atoms with Crippen LogP contribution < -0.4 is 0 Å². The van der Waals surface area contributed by atoms with E-state index in [0.717, 1.165) is 0 Å². The van der Waals surface area contributed by atoms with Crippen molar-refractivity contribution in [3.05, 3.63) is 54.4 Å². The van der Waals surface area contributed by atoms with Gasteiger partial charge in [-0.3, -0.25) is 0 Å². The lowest BCUT2D eigenvalue weighted by atomic mass is 9.91. The molecule has 1 atom stereocenters. The third-order valence-corrected chi connectivity index (χ3v) is 2.73. The van der Waals surface area contributed by atoms with Crippen molar-refractivity contribution >= 4 is 30.8 Å². The quantitative estimate of drug-likeness (QED) is 0.898. The number of carboxylic acids is 1. The molecule has 1 aromatic heterocycles. The van der Waals surface area contributed by atoms with Crippen molar-refractivity contribution in [2.75, 3.05) is 6.61 Å². The SMILES string of the molecule is Cl.Cl.O=C(O)C(CO)(c1ccccc1)n1cccn1. The van der Waals surface area contributed by atoms with Gasteiger partial charge in [-0.1, -0.05) is 30.3 Å². The summed E-state index contributed by atoms with van der Waals surface area (Å²) in [7, 11) is 0. The van der Waals surface area contributed by atoms with Crippen LogP contribution in [0.3, 0.4) is 0 Å². The van der Waals surface area contributed by atoms with Crippen LogP contribution in [0.2, 0.25) is 0 Å². The Kier molecular flexibility index (Phi) is 6.55. The van der Waals surface area contributed by atoms with E-state index in [1.165, 1.54) is 17.1 Å². The van der Waals surface area contributed by atoms with Crippen LogP contribution in [0.4, 0.5) is 0 Å². The van der Waals surface area contributed by atoms with Crippen LogP contribution in [0.1, 0.15) is 5.56 Å². The number of hydrogen-bond acceptors (Lipinski definition) is 3. The predicted octanol–water partition coefficient (Wildman–Crippen LogP) is 1.55. The van der Waals surface area contributed by atoms with Gasteiger partial charge in [0.05, 0.1) is 6.61 Å². The van der Waals surface area contributed by atoms with Crippen LogP contribution in [0.5, 0.6) is 0 Å². The zero-order chi connectivity index (χ0) is 12.3. The summed E-state index contributed by atoms with van der Waals surface area (Å²) in [6, 6.07) is 10.2. The lowest BCUT2D eigenvalue weighted by molar-refractivity contribution is -0.147. The molecule has 0 radical (unpaired) electrons. The van der Waals surface area contributed by atoms with E-state index < -0.39 is 18.1 Å². The van der Waals surface area contributed by atoms with Gasteiger partial charge >= 0.3 is 5.97 Å². The van der Waals surface area contributed by atoms with Crippen molar-refractivity contribution in [3.8, 4) is 0 Å². The standard InChI is InChI=1S/C12H12N2O3.2ClH/c15-9-12(11(16)17,14-8-4-7-13-14)10-5-2-1-3-6-10;;/h1-8,15H,9H2,(H,16,17);2*1H. The number of rotatable bonds is 4. The highest BCUT2D eigenvalue weighted by Gasteiger charge is 2.42. The van der Waals surface area contributed by atoms with Crippen molar-refractivity contribution in [3.63, 3.8) is 0 Å². The van der Waals surface area contributed by atoms with E-state index in [4.69, 9.17) is 0 Å². The van der Waals surface area contributed by atoms with E-state index in [1.807, 2.05) is 0 Å². The highest BCUT2D eigenvalue weighted by molar-refractivity contribution is 5.85. The van der Waals surface area contributed by atoms with Crippen molar-refractivity contribution in [1.29, 1.82) is 0 Å². The zero-order valence-corrected chi connectivity index (χ0v) is 11.5. The van der Waals surface area contributed by atoms with Gasteiger partial charge in [0.1, 0.15) is 0 Å². The number of aliphatic hydroxyl groups is 1. The molecule has 104 valence electrons. The first-order valence-electron chi connectivity index (χ1n) is 5.11. The highest BCUT2D eigenvalue weighted by atomic mass is 35.5. The Bertz CT molecular complexity index is 505. The maximum absolute atomic E-state index is 11.5. The smallest absolute Gasteiger partial charge is 0.338 e. The highest BCUT2D eigenvalue weighted by Crippen LogP contribution is 2.25. The molecule has 1 aromatic carbocycles. The average Bonchev–Trinajstić information content (AvgIpc) is 2.86. The Hall–Kier alpha value is -1.56. The van der Waals surface area contributed by atoms with Crippen molar-refractivity contribution in [2.45, 2.75) is 5.54 Å². The summed E-state index contributed by atoms with van der Waals surface area (Å²) in [5.74, 6) is -1.14. The molecule has 2 N–H and O–H groups in total. The maximum atomic E-state index is 11.5. The Morgan fingerprint density at radius 3 is 2.26 bits per heavy atom. The zero-order valence-electron chi connectivity index (χ0n) is 9.84. The van der Waals surface area contributed by atoms with Crippen LogP contribution in [0, 0.1) is 0 Å². The fourth-order valence-corrected chi connectivity index (χ4v) is 1.79. The second-order valence-corrected chi connectivity index (χ2v) is 3.64. The Balaban J connectivity index is 0.00000162. The maximum Gasteiger partial charge on any atom is 0.338 e. The van der Waals surface area contributed by atoms with E-state index in [9.17, 15) is 15.0 Å². The monoisotopic (exact) mass is 304 g/mol. The van der Waals surface area contributed by atoms with Gasteiger partial charge in [0.25, 0.3) is 0 Å². The Morgan fingerprint density at radius 1 is 1.21 bits per heavy atom. The third kappa shape index (κ3) is 2.89. The summed E-state index contributed by atoms with van der Waals surface area (Å²) in [6.45, 7) is -0.561. The number of halogens is 2. The Labute approximate surface area is 122 Å². The second-order valence-electron chi connectivity index (χ2n) is 3.64. The lowest BCUT2D eigenvalue weighted by Crippen LogP contribution is -2.46. The summed E-state index contributed by atoms with van der Waals surface area (Å²) in [4.78, 5) is 11.5. The van der Waals surface area contributed by atoms with Gasteiger partial charge in [0.2, 0.25) is 5.54 Å². The number of aliphatic hydroxyl groups excluding tert-OH is 1. The van der Waals surface area contributed by atoms with Gasteiger partial charge < -0.3 is 10.2 Å². The van der Waals surface area contributed by atoms with Crippen LogP contribution in [-0.4, -0.2) is 32.6 Å². The van der Waals surface area contributed by atoms with Gasteiger partial charge in [0, 0.05) is 12.4 Å². The number of carboxylic acid groups (broad SMARTS) is 1. The molecule has 0 saturated carbocycles. The molecule has 0 aliphatic carbocycles. The molecule has 2 aromatic rings. The molecule has 0 saturated heterocycles. The Morgan fingerprint density at radius 2 is 1.84 bits per heavy atom. The third-order valence-electron chi connectivity index (χ3n) is 2.73. The molecule has 0 aliphatic rings. The van der Waals surface area contributed by atoms with Gasteiger partial charge in [-0.25, -0.2) is 9.48 Å². The second kappa shape index (κ2) is 7.13. The predicted molar refractivity (Wildman–Crippen MR) is 75.0 cm³/mol. The number of nitrogens with zero attached hydrogens (tertiary/aromatic N) is 2. The molecule has 0 fully saturated rings. The minimum Gasteiger partial charge on any atom is -0.479 e. The molecule has 19 heavy (non-hydrogen) atoms. The molecule has 0 spiro atoms. The van der Waals surface area contributed by atoms with E-state index in [1.54, 1.807) is 36.4 Å². The lowest BCUT2D eigenvalue weighted by Gasteiger charge is -2.28. The summed E-state index contributed by atoms with van der Waals surface area (Å²) in [5.41, 5.74) is -1.08. The minimum atomic E-state index is -1.56. The summed E-state index contributed by atoms with van der Waals surface area (Å²) in [6.07, 6.45) is 3.01. The van der Waals surface area contributed by atoms with Crippen molar-refractivity contribution in [1.82, 2.24) is 9.78 Å². The molecule has 2 rings (SSSR count). The van der Waals surface area contributed by atoms with Gasteiger partial charge in [-0.05, 0) is 11.6 Å². The molecule has 1 unspecified atom stereocenters. The van der Waals surface area contributed by atoms with Crippen molar-refractivity contribution < 1.29 is 15.0 Å². The largest absolute Gasteiger partial charge is 0.479 e. The van der Waals surface area contributed by atoms with E-state index in [0.29, 0.717) is 5.56 Å². The number of hydrogen-bond donors (Lipinski definition) is 2. The molecule has 5 nitrogen and oxygen atoms in total. The molecule has 1 heterocycles. The van der Waals surface area contributed by atoms with Crippen LogP contribution in [-0.2, 0) is 10.3 Å². The number of aliphatic carboxylic acids is 1. The fourth-order valence-electron chi connectivity index (χ4n) is 1.79. The molecule has 7 heteroatoms. The minimum absolute atomic E-state index is 0. The topological polar surface area (TPSA) is 75.3 Å². The van der Waals surface area contributed by atoms with E-state index >= 15 is 0 Å². The first-order valence-corrected chi connectivity index (χ1v) is 5.11. The number of benzene rings is 1. The van der Waals surface area contributed by atoms with Gasteiger partial charge in [0.15, 0.2) is 0 Å². The first-order chi connectivity index (χ1) is 8.21. The molecular weight excluding hydrogens is 291 g/mol. The number of aromatic nitrogens is 2. The first kappa shape index (κ1) is 17.4. The summed E-state index contributed by atoms with van der Waals surface area (Å²) < 4.78 is 1.25. The molecular formula is C12H14Cl2N2O3. The fraction of sp³-hybridized carbons (Fsp3) is 0.167. The molecule has 0 aliphatic heterocycles. The van der Waals surface area contributed by atoms with Gasteiger partial charge in [-0.2, -0.15) is 5.10 Å². The van der Waals surface area contributed by atoms with Gasteiger partial charge in [-0.15, -0.1) is 24.8 Å². The normalized spacial score (nSPS) is 12.7. The summed E-state index contributed by atoms with van der Waals surface area (Å²) in [5, 5.41) is 22.9. The molecule has 0 amide bonds. The summed E-state index contributed by atoms with van der Waals surface area (Å²) >= 11 is 0. The van der Waals surface area contributed by atoms with Crippen LogP contribution in [0.25, 0.3) is 0 Å². The van der Waals surface area contributed by atoms with E-state index in [2.05, 4.69) is 5.10 Å².